The van der Waals surface area contributed by atoms with E-state index in [1.807, 2.05) is 36.9 Å². The van der Waals surface area contributed by atoms with E-state index in [0.29, 0.717) is 12.6 Å². The summed E-state index contributed by atoms with van der Waals surface area (Å²) in [5, 5.41) is 9.69. The first kappa shape index (κ1) is 24.0. The lowest BCUT2D eigenvalue weighted by Crippen LogP contribution is -2.58. The number of ether oxygens (including phenoxy) is 1. The average Bonchev–Trinajstić information content (AvgIpc) is 3.30. The van der Waals surface area contributed by atoms with Gasteiger partial charge in [-0.15, -0.1) is 0 Å². The number of anilines is 1. The lowest BCUT2D eigenvalue weighted by Gasteiger charge is -2.48. The van der Waals surface area contributed by atoms with Crippen molar-refractivity contribution in [1.82, 2.24) is 14.8 Å². The van der Waals surface area contributed by atoms with Gasteiger partial charge in [-0.1, -0.05) is 12.1 Å². The van der Waals surface area contributed by atoms with Gasteiger partial charge in [0.2, 0.25) is 0 Å². The van der Waals surface area contributed by atoms with E-state index < -0.39 is 0 Å². The molecule has 35 heavy (non-hydrogen) atoms. The van der Waals surface area contributed by atoms with Crippen LogP contribution >= 0.6 is 0 Å². The van der Waals surface area contributed by atoms with Gasteiger partial charge in [0.05, 0.1) is 30.8 Å². The third-order valence-corrected chi connectivity index (χ3v) is 8.05. The summed E-state index contributed by atoms with van der Waals surface area (Å²) in [7, 11) is 0. The lowest BCUT2D eigenvalue weighted by molar-refractivity contribution is -0.00294. The van der Waals surface area contributed by atoms with Crippen molar-refractivity contribution in [3.8, 4) is 11.3 Å². The number of pyridine rings is 1. The number of carbonyl (C=O) groups excluding carboxylic acids is 1. The van der Waals surface area contributed by atoms with E-state index in [9.17, 15) is 14.3 Å². The molecule has 3 aliphatic rings. The van der Waals surface area contributed by atoms with Crippen molar-refractivity contribution in [3.05, 3.63) is 47.4 Å². The zero-order valence-corrected chi connectivity index (χ0v) is 20.7. The molecule has 0 radical (unpaired) electrons. The highest BCUT2D eigenvalue weighted by Crippen LogP contribution is 2.47. The molecule has 0 bridgehead atoms. The number of nitrogens with zero attached hydrogens (tertiary/aromatic N) is 4. The molecule has 2 saturated heterocycles. The highest BCUT2D eigenvalue weighted by atomic mass is 19.1. The van der Waals surface area contributed by atoms with Crippen LogP contribution in [0.1, 0.15) is 37.3 Å². The van der Waals surface area contributed by atoms with E-state index in [0.717, 1.165) is 86.6 Å². The summed E-state index contributed by atoms with van der Waals surface area (Å²) < 4.78 is 19.4. The van der Waals surface area contributed by atoms with Crippen LogP contribution in [0.3, 0.4) is 0 Å². The number of hydrogen-bond donors (Lipinski definition) is 1. The number of halogens is 1. The van der Waals surface area contributed by atoms with Gasteiger partial charge in [0.15, 0.2) is 0 Å². The Bertz CT molecular complexity index is 1080. The van der Waals surface area contributed by atoms with Gasteiger partial charge in [0.25, 0.3) is 0 Å². The number of piperazine rings is 1. The molecule has 3 fully saturated rings. The van der Waals surface area contributed by atoms with Crippen LogP contribution in [0.25, 0.3) is 11.3 Å². The maximum absolute atomic E-state index is 14.2. The van der Waals surface area contributed by atoms with E-state index in [1.54, 1.807) is 6.07 Å². The Kier molecular flexibility index (Phi) is 6.68. The fourth-order valence-electron chi connectivity index (χ4n) is 6.09. The maximum atomic E-state index is 14.2. The number of rotatable bonds is 5. The Labute approximate surface area is 206 Å². The number of likely N-dealkylation sites (tertiary alicyclic amines) is 1. The normalized spacial score (nSPS) is 21.9. The first-order valence-corrected chi connectivity index (χ1v) is 12.7. The first-order valence-electron chi connectivity index (χ1n) is 12.7. The molecule has 1 aliphatic carbocycles. The second kappa shape index (κ2) is 9.74. The summed E-state index contributed by atoms with van der Waals surface area (Å²) in [4.78, 5) is 23.0. The van der Waals surface area contributed by atoms with Gasteiger partial charge >= 0.3 is 6.09 Å². The molecule has 1 N–H and O–H groups in total. The molecule has 7 nitrogen and oxygen atoms in total. The molecule has 1 spiro atoms. The molecule has 188 valence electrons. The number of aryl methyl sites for hydroxylation is 1. The molecule has 1 amide bonds. The molecule has 1 saturated carbocycles. The van der Waals surface area contributed by atoms with Crippen molar-refractivity contribution in [2.24, 2.45) is 5.41 Å². The number of hydrogen-bond acceptors (Lipinski definition) is 6. The molecule has 1 aromatic heterocycles. The van der Waals surface area contributed by atoms with Crippen molar-refractivity contribution >= 4 is 11.8 Å². The zero-order chi connectivity index (χ0) is 24.6. The van der Waals surface area contributed by atoms with Gasteiger partial charge in [-0.25, -0.2) is 9.18 Å². The number of aliphatic hydroxyl groups is 1. The number of carbonyl (C=O) groups is 1. The van der Waals surface area contributed by atoms with Gasteiger partial charge in [-0.2, -0.15) is 0 Å². The largest absolute Gasteiger partial charge is 0.450 e. The summed E-state index contributed by atoms with van der Waals surface area (Å²) in [5.41, 5.74) is 4.60. The smallest absolute Gasteiger partial charge is 0.409 e. The van der Waals surface area contributed by atoms with E-state index in [1.165, 1.54) is 6.20 Å². The van der Waals surface area contributed by atoms with Gasteiger partial charge in [-0.3, -0.25) is 9.88 Å². The predicted octanol–water partition coefficient (Wildman–Crippen LogP) is 3.82. The van der Waals surface area contributed by atoms with Gasteiger partial charge in [0.1, 0.15) is 5.82 Å². The first-order chi connectivity index (χ1) is 16.9. The van der Waals surface area contributed by atoms with Crippen LogP contribution in [0.15, 0.2) is 30.5 Å². The third-order valence-electron chi connectivity index (χ3n) is 8.05. The highest BCUT2D eigenvalue weighted by molar-refractivity contribution is 5.76. The summed E-state index contributed by atoms with van der Waals surface area (Å²) in [5.74, 6) is -0.338. The number of benzene rings is 1. The highest BCUT2D eigenvalue weighted by Gasteiger charge is 2.51. The maximum Gasteiger partial charge on any atom is 0.409 e. The number of aliphatic hydroxyl groups excluding tert-OH is 1. The monoisotopic (exact) mass is 482 g/mol. The Morgan fingerprint density at radius 3 is 2.71 bits per heavy atom. The minimum absolute atomic E-state index is 0.0324. The fraction of sp³-hybridized carbons (Fsp3) is 0.556. The van der Waals surface area contributed by atoms with Crippen LogP contribution in [0, 0.1) is 18.2 Å². The molecular formula is C27H35FN4O3. The molecule has 3 heterocycles. The molecule has 5 rings (SSSR count). The van der Waals surface area contributed by atoms with Crippen molar-refractivity contribution in [2.75, 3.05) is 50.8 Å². The van der Waals surface area contributed by atoms with E-state index in [2.05, 4.69) is 14.8 Å². The number of aromatic nitrogens is 1. The van der Waals surface area contributed by atoms with Crippen LogP contribution in [-0.4, -0.2) is 77.9 Å². The van der Waals surface area contributed by atoms with E-state index in [4.69, 9.17) is 4.74 Å². The van der Waals surface area contributed by atoms with Crippen molar-refractivity contribution < 1.29 is 19.0 Å². The molecule has 1 aromatic carbocycles. The Morgan fingerprint density at radius 1 is 1.23 bits per heavy atom. The van der Waals surface area contributed by atoms with Crippen LogP contribution < -0.4 is 4.90 Å². The fourth-order valence-corrected chi connectivity index (χ4v) is 6.09. The second-order valence-corrected chi connectivity index (χ2v) is 10.3. The molecule has 1 atom stereocenters. The third kappa shape index (κ3) is 4.74. The molecule has 2 aromatic rings. The zero-order valence-electron chi connectivity index (χ0n) is 20.7. The topological polar surface area (TPSA) is 69.1 Å². The van der Waals surface area contributed by atoms with Gasteiger partial charge in [-0.05, 0) is 50.3 Å². The summed E-state index contributed by atoms with van der Waals surface area (Å²) >= 11 is 0. The van der Waals surface area contributed by atoms with Crippen molar-refractivity contribution in [3.63, 3.8) is 0 Å². The van der Waals surface area contributed by atoms with Crippen LogP contribution in [-0.2, 0) is 11.3 Å². The van der Waals surface area contributed by atoms with Crippen LogP contribution in [0.2, 0.25) is 0 Å². The lowest BCUT2D eigenvalue weighted by atomic mass is 9.78. The van der Waals surface area contributed by atoms with Gasteiger partial charge in [0, 0.05) is 62.4 Å². The Morgan fingerprint density at radius 2 is 2.00 bits per heavy atom. The standard InChI is InChI=1S/C27H35FN4O3/c1-3-35-26(34)32-17-27(18-32)7-6-23(14-27)30-8-10-31(11-9-30)24-13-22(28)15-29-25(24)20-5-4-19(2)21(12-20)16-33/h4-5,12-13,15,23,33H,3,6-11,14,16-18H2,1-2H3/t23-/m1/s1. The summed E-state index contributed by atoms with van der Waals surface area (Å²) in [6.07, 6.45) is 4.53. The minimum atomic E-state index is -0.338. The second-order valence-electron chi connectivity index (χ2n) is 10.3. The van der Waals surface area contributed by atoms with E-state index in [-0.39, 0.29) is 23.9 Å². The van der Waals surface area contributed by atoms with Gasteiger partial charge < -0.3 is 19.6 Å². The quantitative estimate of drug-likeness (QED) is 0.699. The average molecular weight is 483 g/mol. The van der Waals surface area contributed by atoms with Crippen molar-refractivity contribution in [1.29, 1.82) is 0 Å². The summed E-state index contributed by atoms with van der Waals surface area (Å²) in [6.45, 7) is 9.31. The SMILES string of the molecule is CCOC(=O)N1CC2(CC[C@@H](N3CCN(c4cc(F)cnc4-c4ccc(C)c(CO)c4)CC3)C2)C1. The minimum Gasteiger partial charge on any atom is -0.450 e. The molecular weight excluding hydrogens is 447 g/mol. The van der Waals surface area contributed by atoms with Crippen molar-refractivity contribution in [2.45, 2.75) is 45.8 Å². The Hall–Kier alpha value is -2.71. The predicted molar refractivity (Wildman–Crippen MR) is 133 cm³/mol. The summed E-state index contributed by atoms with van der Waals surface area (Å²) in [6, 6.07) is 8.04. The Balaban J connectivity index is 1.23. The molecule has 0 unspecified atom stereocenters. The van der Waals surface area contributed by atoms with Crippen LogP contribution in [0.4, 0.5) is 14.9 Å². The number of amides is 1. The van der Waals surface area contributed by atoms with Crippen LogP contribution in [0.5, 0.6) is 0 Å². The van der Waals surface area contributed by atoms with E-state index >= 15 is 0 Å². The molecule has 2 aliphatic heterocycles. The molecule has 8 heteroatoms.